The largest absolute Gasteiger partial charge is 0.381 e. The molecule has 0 amide bonds. The third-order valence-electron chi connectivity index (χ3n) is 3.07. The first kappa shape index (κ1) is 16.2. The van der Waals surface area contributed by atoms with Crippen LogP contribution in [0, 0.1) is 5.92 Å². The maximum atomic E-state index is 5.73. The van der Waals surface area contributed by atoms with Crippen LogP contribution in [0.25, 0.3) is 0 Å². The van der Waals surface area contributed by atoms with E-state index < -0.39 is 0 Å². The summed E-state index contributed by atoms with van der Waals surface area (Å²) in [6.07, 6.45) is 10.1. The third-order valence-corrected chi connectivity index (χ3v) is 3.34. The molecule has 0 spiro atoms. The van der Waals surface area contributed by atoms with Gasteiger partial charge in [0.25, 0.3) is 0 Å². The third kappa shape index (κ3) is 10.8. The monoisotopic (exact) mass is 248 g/mol. The molecule has 0 saturated heterocycles. The molecule has 98 valence electrons. The first-order valence-electron chi connectivity index (χ1n) is 6.98. The fourth-order valence-electron chi connectivity index (χ4n) is 1.80. The maximum Gasteiger partial charge on any atom is 0.0494 e. The number of unbranched alkanes of at least 4 members (excludes halogenated alkanes) is 4. The molecule has 0 rings (SSSR count). The number of alkyl halides is 1. The molecule has 1 unspecified atom stereocenters. The van der Waals surface area contributed by atoms with Crippen LogP contribution in [0.15, 0.2) is 0 Å². The summed E-state index contributed by atoms with van der Waals surface area (Å²) >= 11 is 5.62. The van der Waals surface area contributed by atoms with Crippen molar-refractivity contribution in [3.05, 3.63) is 0 Å². The molecule has 0 aliphatic rings. The van der Waals surface area contributed by atoms with Crippen molar-refractivity contribution in [2.75, 3.05) is 19.1 Å². The van der Waals surface area contributed by atoms with Crippen LogP contribution in [-0.2, 0) is 4.74 Å². The topological polar surface area (TPSA) is 9.23 Å². The van der Waals surface area contributed by atoms with Crippen molar-refractivity contribution in [3.63, 3.8) is 0 Å². The van der Waals surface area contributed by atoms with Gasteiger partial charge in [-0.25, -0.2) is 0 Å². The van der Waals surface area contributed by atoms with Gasteiger partial charge in [-0.2, -0.15) is 0 Å². The average molecular weight is 249 g/mol. The smallest absolute Gasteiger partial charge is 0.0494 e. The van der Waals surface area contributed by atoms with E-state index in [2.05, 4.69) is 13.8 Å². The molecule has 0 saturated carbocycles. The van der Waals surface area contributed by atoms with E-state index in [-0.39, 0.29) is 0 Å². The molecule has 0 aromatic heterocycles. The van der Waals surface area contributed by atoms with Crippen LogP contribution < -0.4 is 0 Å². The van der Waals surface area contributed by atoms with Crippen LogP contribution in [0.4, 0.5) is 0 Å². The van der Waals surface area contributed by atoms with E-state index in [0.717, 1.165) is 31.4 Å². The van der Waals surface area contributed by atoms with Gasteiger partial charge in [-0.05, 0) is 25.2 Å². The van der Waals surface area contributed by atoms with Gasteiger partial charge in [-0.3, -0.25) is 0 Å². The van der Waals surface area contributed by atoms with Crippen molar-refractivity contribution < 1.29 is 4.74 Å². The standard InChI is InChI=1S/C14H29ClO/c1-3-5-10-14(4-2)13-16-12-9-7-6-8-11-15/h14H,3-13H2,1-2H3. The Bertz CT molecular complexity index is 128. The average Bonchev–Trinajstić information content (AvgIpc) is 2.32. The Hall–Kier alpha value is 0.250. The fraction of sp³-hybridized carbons (Fsp3) is 1.00. The van der Waals surface area contributed by atoms with Gasteiger partial charge < -0.3 is 4.74 Å². The van der Waals surface area contributed by atoms with E-state index in [1.165, 1.54) is 44.9 Å². The number of ether oxygens (including phenoxy) is 1. The number of hydrogen-bond acceptors (Lipinski definition) is 1. The van der Waals surface area contributed by atoms with Crippen molar-refractivity contribution in [1.29, 1.82) is 0 Å². The lowest BCUT2D eigenvalue weighted by molar-refractivity contribution is 0.0909. The van der Waals surface area contributed by atoms with Crippen molar-refractivity contribution in [3.8, 4) is 0 Å². The predicted octanol–water partition coefficient (Wildman–Crippen LogP) is 5.02. The quantitative estimate of drug-likeness (QED) is 0.348. The fourth-order valence-corrected chi connectivity index (χ4v) is 1.99. The molecule has 0 N–H and O–H groups in total. The molecule has 0 heterocycles. The first-order valence-corrected chi connectivity index (χ1v) is 7.52. The van der Waals surface area contributed by atoms with Crippen molar-refractivity contribution in [2.24, 2.45) is 5.92 Å². The Morgan fingerprint density at radius 3 is 2.38 bits per heavy atom. The molecule has 2 heteroatoms. The number of rotatable bonds is 12. The highest BCUT2D eigenvalue weighted by atomic mass is 35.5. The van der Waals surface area contributed by atoms with Crippen LogP contribution in [0.5, 0.6) is 0 Å². The Morgan fingerprint density at radius 1 is 1.00 bits per heavy atom. The summed E-state index contributed by atoms with van der Waals surface area (Å²) in [5.74, 6) is 1.58. The second-order valence-electron chi connectivity index (χ2n) is 4.59. The van der Waals surface area contributed by atoms with Gasteiger partial charge in [-0.15, -0.1) is 11.6 Å². The van der Waals surface area contributed by atoms with Gasteiger partial charge in [0, 0.05) is 19.1 Å². The maximum absolute atomic E-state index is 5.73. The molecule has 0 aromatic carbocycles. The normalized spacial score (nSPS) is 12.9. The minimum Gasteiger partial charge on any atom is -0.381 e. The lowest BCUT2D eigenvalue weighted by atomic mass is 10.0. The van der Waals surface area contributed by atoms with Crippen LogP contribution in [0.1, 0.15) is 65.2 Å². The molecular weight excluding hydrogens is 220 g/mol. The van der Waals surface area contributed by atoms with Crippen LogP contribution in [-0.4, -0.2) is 19.1 Å². The van der Waals surface area contributed by atoms with E-state index in [4.69, 9.17) is 16.3 Å². The van der Waals surface area contributed by atoms with Gasteiger partial charge in [0.1, 0.15) is 0 Å². The minimum atomic E-state index is 0.780. The van der Waals surface area contributed by atoms with Crippen LogP contribution in [0.2, 0.25) is 0 Å². The van der Waals surface area contributed by atoms with Crippen molar-refractivity contribution >= 4 is 11.6 Å². The Labute approximate surface area is 107 Å². The van der Waals surface area contributed by atoms with Crippen LogP contribution >= 0.6 is 11.6 Å². The molecule has 16 heavy (non-hydrogen) atoms. The molecule has 1 atom stereocenters. The summed E-state index contributed by atoms with van der Waals surface area (Å²) in [4.78, 5) is 0. The van der Waals surface area contributed by atoms with Gasteiger partial charge in [-0.1, -0.05) is 46.0 Å². The Morgan fingerprint density at radius 2 is 1.75 bits per heavy atom. The molecule has 0 aliphatic heterocycles. The predicted molar refractivity (Wildman–Crippen MR) is 73.3 cm³/mol. The highest BCUT2D eigenvalue weighted by Gasteiger charge is 2.05. The number of halogens is 1. The molecule has 0 aliphatic carbocycles. The van der Waals surface area contributed by atoms with E-state index in [0.29, 0.717) is 0 Å². The van der Waals surface area contributed by atoms with E-state index >= 15 is 0 Å². The minimum absolute atomic E-state index is 0.780. The van der Waals surface area contributed by atoms with Crippen molar-refractivity contribution in [1.82, 2.24) is 0 Å². The Balaban J connectivity index is 3.20. The SMILES string of the molecule is CCCCC(CC)COCCCCCCCl. The van der Waals surface area contributed by atoms with Gasteiger partial charge >= 0.3 is 0 Å². The molecule has 0 radical (unpaired) electrons. The molecule has 1 nitrogen and oxygen atoms in total. The molecule has 0 fully saturated rings. The van der Waals surface area contributed by atoms with E-state index in [1.54, 1.807) is 0 Å². The first-order chi connectivity index (χ1) is 7.85. The lowest BCUT2D eigenvalue weighted by Gasteiger charge is -2.14. The van der Waals surface area contributed by atoms with Crippen LogP contribution in [0.3, 0.4) is 0 Å². The highest BCUT2D eigenvalue weighted by molar-refractivity contribution is 6.17. The summed E-state index contributed by atoms with van der Waals surface area (Å²) in [7, 11) is 0. The van der Waals surface area contributed by atoms with Crippen molar-refractivity contribution in [2.45, 2.75) is 65.2 Å². The zero-order valence-corrected chi connectivity index (χ0v) is 11.9. The van der Waals surface area contributed by atoms with Gasteiger partial charge in [0.05, 0.1) is 0 Å². The summed E-state index contributed by atoms with van der Waals surface area (Å²) in [5.41, 5.74) is 0. The number of hydrogen-bond donors (Lipinski definition) is 0. The van der Waals surface area contributed by atoms with E-state index in [9.17, 15) is 0 Å². The second kappa shape index (κ2) is 13.3. The summed E-state index contributed by atoms with van der Waals surface area (Å²) < 4.78 is 5.73. The summed E-state index contributed by atoms with van der Waals surface area (Å²) in [6, 6.07) is 0. The second-order valence-corrected chi connectivity index (χ2v) is 4.97. The lowest BCUT2D eigenvalue weighted by Crippen LogP contribution is -2.09. The summed E-state index contributed by atoms with van der Waals surface area (Å²) in [6.45, 7) is 6.42. The molecular formula is C14H29ClO. The molecule has 0 bridgehead atoms. The zero-order chi connectivity index (χ0) is 12.1. The van der Waals surface area contributed by atoms with E-state index in [1.807, 2.05) is 0 Å². The zero-order valence-electron chi connectivity index (χ0n) is 11.1. The Kier molecular flexibility index (Phi) is 13.5. The highest BCUT2D eigenvalue weighted by Crippen LogP contribution is 2.13. The van der Waals surface area contributed by atoms with Gasteiger partial charge in [0.2, 0.25) is 0 Å². The summed E-state index contributed by atoms with van der Waals surface area (Å²) in [5, 5.41) is 0. The molecule has 0 aromatic rings. The van der Waals surface area contributed by atoms with Gasteiger partial charge in [0.15, 0.2) is 0 Å².